The second-order valence-electron chi connectivity index (χ2n) is 33.1. The van der Waals surface area contributed by atoms with Gasteiger partial charge in [-0.1, -0.05) is 414 Å². The summed E-state index contributed by atoms with van der Waals surface area (Å²) in [5.74, 6) is 0.236. The number of unbranched alkanes of at least 4 members (excludes halogenated alkanes) is 54. The summed E-state index contributed by atoms with van der Waals surface area (Å²) < 4.78 is 69.0. The third-order valence-corrected chi connectivity index (χ3v) is 22.5. The van der Waals surface area contributed by atoms with E-state index in [9.17, 15) is 43.2 Å². The Labute approximate surface area is 658 Å². The first-order valence-corrected chi connectivity index (χ1v) is 48.3. The van der Waals surface area contributed by atoms with Crippen LogP contribution in [0.1, 0.15) is 466 Å². The molecule has 0 rings (SSSR count). The number of hydrogen-bond donors (Lipinski definition) is 3. The van der Waals surface area contributed by atoms with Gasteiger partial charge < -0.3 is 33.8 Å². The summed E-state index contributed by atoms with van der Waals surface area (Å²) in [4.78, 5) is 73.3. The molecule has 0 saturated heterocycles. The SMILES string of the molecule is CCCCCCCCCCCCCCCCCCCCCCCC(=O)O[C@H](COC(=O)CCCCCCCCCCCCCCCCC(C)C)COP(=O)(O)OC[C@@H](O)COP(=O)(O)OC[C@@H](COC(=O)CCCCCCCCCCCC(C)C)OC(=O)CCCCCCCCCCCCCCCCC(C)C. The Hall–Kier alpha value is -1.94. The van der Waals surface area contributed by atoms with Gasteiger partial charge >= 0.3 is 39.5 Å². The summed E-state index contributed by atoms with van der Waals surface area (Å²) in [6.07, 6.45) is 69.5. The number of phosphoric acid groups is 2. The van der Waals surface area contributed by atoms with Gasteiger partial charge in [0.15, 0.2) is 12.2 Å². The Morgan fingerprint density at radius 1 is 0.252 bits per heavy atom. The van der Waals surface area contributed by atoms with E-state index in [1.807, 2.05) is 0 Å². The second-order valence-corrected chi connectivity index (χ2v) is 36.0. The molecule has 636 valence electrons. The molecule has 0 aliphatic heterocycles. The summed E-state index contributed by atoms with van der Waals surface area (Å²) in [6.45, 7) is 12.0. The van der Waals surface area contributed by atoms with Crippen LogP contribution in [-0.4, -0.2) is 96.7 Å². The number of phosphoric ester groups is 2. The summed E-state index contributed by atoms with van der Waals surface area (Å²) >= 11 is 0. The van der Waals surface area contributed by atoms with Crippen LogP contribution in [0.4, 0.5) is 0 Å². The van der Waals surface area contributed by atoms with Crippen molar-refractivity contribution < 1.29 is 80.2 Å². The van der Waals surface area contributed by atoms with E-state index in [4.69, 9.17) is 37.0 Å². The largest absolute Gasteiger partial charge is 0.472 e. The van der Waals surface area contributed by atoms with E-state index < -0.39 is 97.5 Å². The molecule has 17 nitrogen and oxygen atoms in total. The Morgan fingerprint density at radius 2 is 0.430 bits per heavy atom. The molecule has 107 heavy (non-hydrogen) atoms. The fraction of sp³-hybridized carbons (Fsp3) is 0.955. The van der Waals surface area contributed by atoms with Gasteiger partial charge in [-0.05, 0) is 43.4 Å². The summed E-state index contributed by atoms with van der Waals surface area (Å²) in [7, 11) is -9.93. The number of carbonyl (C=O) groups is 4. The first-order valence-electron chi connectivity index (χ1n) is 45.3. The molecule has 0 aromatic rings. The zero-order chi connectivity index (χ0) is 78.6. The highest BCUT2D eigenvalue weighted by molar-refractivity contribution is 7.47. The molecule has 0 aliphatic rings. The molecule has 0 bridgehead atoms. The maximum Gasteiger partial charge on any atom is 0.472 e. The van der Waals surface area contributed by atoms with Gasteiger partial charge in [-0.15, -0.1) is 0 Å². The van der Waals surface area contributed by atoms with E-state index in [1.165, 1.54) is 276 Å². The van der Waals surface area contributed by atoms with E-state index in [-0.39, 0.29) is 25.7 Å². The molecule has 2 unspecified atom stereocenters. The predicted octanol–water partition coefficient (Wildman–Crippen LogP) is 26.9. The van der Waals surface area contributed by atoms with Crippen molar-refractivity contribution in [3.8, 4) is 0 Å². The second kappa shape index (κ2) is 78.0. The molecule has 0 fully saturated rings. The Kier molecular flexibility index (Phi) is 76.6. The predicted molar refractivity (Wildman–Crippen MR) is 441 cm³/mol. The van der Waals surface area contributed by atoms with E-state index in [0.717, 1.165) is 108 Å². The fourth-order valence-corrected chi connectivity index (χ4v) is 15.3. The van der Waals surface area contributed by atoms with E-state index >= 15 is 0 Å². The van der Waals surface area contributed by atoms with Crippen LogP contribution in [0.2, 0.25) is 0 Å². The lowest BCUT2D eigenvalue weighted by molar-refractivity contribution is -0.161. The highest BCUT2D eigenvalue weighted by Crippen LogP contribution is 2.45. The smallest absolute Gasteiger partial charge is 0.462 e. The molecule has 0 aromatic carbocycles. The minimum absolute atomic E-state index is 0.107. The Balaban J connectivity index is 5.25. The summed E-state index contributed by atoms with van der Waals surface area (Å²) in [6, 6.07) is 0. The quantitative estimate of drug-likeness (QED) is 0.0222. The summed E-state index contributed by atoms with van der Waals surface area (Å²) in [5, 5.41) is 10.7. The van der Waals surface area contributed by atoms with E-state index in [2.05, 4.69) is 48.5 Å². The Morgan fingerprint density at radius 3 is 0.636 bits per heavy atom. The van der Waals surface area contributed by atoms with Gasteiger partial charge in [-0.25, -0.2) is 9.13 Å². The number of hydrogen-bond acceptors (Lipinski definition) is 15. The first-order chi connectivity index (χ1) is 51.7. The van der Waals surface area contributed by atoms with Crippen molar-refractivity contribution >= 4 is 39.5 Å². The maximum absolute atomic E-state index is 13.2. The van der Waals surface area contributed by atoms with Gasteiger partial charge in [0.2, 0.25) is 0 Å². The molecule has 0 saturated carbocycles. The fourth-order valence-electron chi connectivity index (χ4n) is 13.7. The monoisotopic (exact) mass is 1560 g/mol. The van der Waals surface area contributed by atoms with Gasteiger partial charge in [0, 0.05) is 25.7 Å². The molecule has 0 spiro atoms. The van der Waals surface area contributed by atoms with Crippen molar-refractivity contribution in [1.29, 1.82) is 0 Å². The number of ether oxygens (including phenoxy) is 4. The number of carbonyl (C=O) groups excluding carboxylic acids is 4. The molecule has 5 atom stereocenters. The third kappa shape index (κ3) is 81.9. The number of aliphatic hydroxyl groups is 1. The van der Waals surface area contributed by atoms with Crippen LogP contribution in [0.3, 0.4) is 0 Å². The zero-order valence-corrected chi connectivity index (χ0v) is 72.4. The summed E-state index contributed by atoms with van der Waals surface area (Å²) in [5.41, 5.74) is 0. The van der Waals surface area contributed by atoms with E-state index in [1.54, 1.807) is 0 Å². The lowest BCUT2D eigenvalue weighted by Crippen LogP contribution is -2.30. The van der Waals surface area contributed by atoms with Crippen LogP contribution < -0.4 is 0 Å². The first kappa shape index (κ1) is 105. The van der Waals surface area contributed by atoms with Crippen molar-refractivity contribution in [2.75, 3.05) is 39.6 Å². The van der Waals surface area contributed by atoms with Gasteiger partial charge in [0.1, 0.15) is 19.3 Å². The number of rotatable bonds is 86. The normalized spacial score (nSPS) is 13.8. The number of esters is 4. The van der Waals surface area contributed by atoms with Crippen molar-refractivity contribution in [3.63, 3.8) is 0 Å². The van der Waals surface area contributed by atoms with Gasteiger partial charge in [0.25, 0.3) is 0 Å². The molecule has 3 N–H and O–H groups in total. The highest BCUT2D eigenvalue weighted by Gasteiger charge is 2.31. The average Bonchev–Trinajstić information content (AvgIpc) is 0.900. The van der Waals surface area contributed by atoms with Crippen LogP contribution in [0.5, 0.6) is 0 Å². The standard InChI is InChI=1S/C88H172O17P2/c1-8-9-10-11-12-13-14-15-16-17-18-19-20-21-22-30-35-42-50-57-64-71-87(92)104-83(75-98-85(90)69-62-55-48-41-34-29-25-23-27-32-38-45-52-59-66-79(2)3)77-102-106(94,95)100-73-82(89)74-101-107(96,97)103-78-84(76-99-86(91)70-63-56-49-44-37-40-47-54-61-68-81(6)7)105-88(93)72-65-58-51-43-36-31-26-24-28-33-39-46-53-60-67-80(4)5/h79-84,89H,8-78H2,1-7H3,(H,94,95)(H,96,97)/t82-,83-,84-/m1/s1. The van der Waals surface area contributed by atoms with Crippen LogP contribution in [0, 0.1) is 17.8 Å². The van der Waals surface area contributed by atoms with Crippen LogP contribution in [0.25, 0.3) is 0 Å². The van der Waals surface area contributed by atoms with Gasteiger partial charge in [-0.2, -0.15) is 0 Å². The topological polar surface area (TPSA) is 237 Å². The van der Waals surface area contributed by atoms with Crippen molar-refractivity contribution in [2.24, 2.45) is 17.8 Å². The minimum atomic E-state index is -4.97. The van der Waals surface area contributed by atoms with Gasteiger partial charge in [-0.3, -0.25) is 37.3 Å². The minimum Gasteiger partial charge on any atom is -0.462 e. The van der Waals surface area contributed by atoms with Crippen LogP contribution >= 0.6 is 15.6 Å². The maximum atomic E-state index is 13.2. The number of aliphatic hydroxyl groups excluding tert-OH is 1. The highest BCUT2D eigenvalue weighted by atomic mass is 31.2. The van der Waals surface area contributed by atoms with Crippen LogP contribution in [-0.2, 0) is 65.4 Å². The molecule has 0 aliphatic carbocycles. The van der Waals surface area contributed by atoms with Crippen molar-refractivity contribution in [3.05, 3.63) is 0 Å². The van der Waals surface area contributed by atoms with E-state index in [0.29, 0.717) is 25.7 Å². The third-order valence-electron chi connectivity index (χ3n) is 20.6. The Bertz CT molecular complexity index is 2060. The molecule has 19 heteroatoms. The molecule has 0 amide bonds. The molecule has 0 aromatic heterocycles. The van der Waals surface area contributed by atoms with Gasteiger partial charge in [0.05, 0.1) is 26.4 Å². The zero-order valence-electron chi connectivity index (χ0n) is 70.6. The molecule has 0 heterocycles. The van der Waals surface area contributed by atoms with Crippen molar-refractivity contribution in [1.82, 2.24) is 0 Å². The lowest BCUT2D eigenvalue weighted by Gasteiger charge is -2.21. The average molecular weight is 1560 g/mol. The molecule has 0 radical (unpaired) electrons. The van der Waals surface area contributed by atoms with Crippen molar-refractivity contribution in [2.45, 2.75) is 484 Å². The lowest BCUT2D eigenvalue weighted by atomic mass is 10.0. The van der Waals surface area contributed by atoms with Crippen LogP contribution in [0.15, 0.2) is 0 Å². The molecular formula is C88H172O17P2. The molecular weight excluding hydrogens is 1390 g/mol.